The Balaban J connectivity index is 0.00000162. The van der Waals surface area contributed by atoms with Crippen LogP contribution in [0.5, 0.6) is 0 Å². The van der Waals surface area contributed by atoms with Gasteiger partial charge < -0.3 is 15.4 Å². The Morgan fingerprint density at radius 1 is 1.22 bits per heavy atom. The van der Waals surface area contributed by atoms with Crippen LogP contribution in [0.2, 0.25) is 0 Å². The lowest BCUT2D eigenvalue weighted by atomic mass is 9.94. The van der Waals surface area contributed by atoms with Crippen LogP contribution in [0.15, 0.2) is 0 Å². The van der Waals surface area contributed by atoms with Crippen molar-refractivity contribution in [1.29, 1.82) is 0 Å². The van der Waals surface area contributed by atoms with Crippen LogP contribution in [0.4, 0.5) is 0 Å². The zero-order chi connectivity index (χ0) is 12.1. The molecule has 0 spiro atoms. The molecular formula is C13H25ClN2O2. The maximum atomic E-state index is 12.3. The number of nitrogens with zero attached hydrogens (tertiary/aromatic N) is 1. The summed E-state index contributed by atoms with van der Waals surface area (Å²) in [6.07, 6.45) is 6.19. The number of amides is 1. The molecule has 1 atom stereocenters. The summed E-state index contributed by atoms with van der Waals surface area (Å²) in [5.41, 5.74) is 5.75. The Hall–Kier alpha value is -0.320. The average molecular weight is 277 g/mol. The Morgan fingerprint density at radius 2 is 1.94 bits per heavy atom. The van der Waals surface area contributed by atoms with Gasteiger partial charge in [0.25, 0.3) is 0 Å². The van der Waals surface area contributed by atoms with Crippen molar-refractivity contribution in [1.82, 2.24) is 4.90 Å². The lowest BCUT2D eigenvalue weighted by Gasteiger charge is -2.36. The molecule has 0 bridgehead atoms. The van der Waals surface area contributed by atoms with Gasteiger partial charge in [0.2, 0.25) is 5.91 Å². The average Bonchev–Trinajstić information content (AvgIpc) is 2.40. The summed E-state index contributed by atoms with van der Waals surface area (Å²) in [6.45, 7) is 3.15. The maximum Gasteiger partial charge on any atom is 0.223 e. The Bertz CT molecular complexity index is 257. The minimum absolute atomic E-state index is 0. The molecule has 1 amide bonds. The van der Waals surface area contributed by atoms with E-state index in [1.807, 2.05) is 4.90 Å². The molecule has 2 rings (SSSR count). The van der Waals surface area contributed by atoms with Crippen molar-refractivity contribution >= 4 is 18.3 Å². The van der Waals surface area contributed by atoms with Gasteiger partial charge in [-0.25, -0.2) is 0 Å². The van der Waals surface area contributed by atoms with Gasteiger partial charge in [-0.3, -0.25) is 4.79 Å². The molecule has 0 radical (unpaired) electrons. The minimum atomic E-state index is 0. The molecular weight excluding hydrogens is 252 g/mol. The van der Waals surface area contributed by atoms with Crippen molar-refractivity contribution < 1.29 is 9.53 Å². The van der Waals surface area contributed by atoms with Crippen molar-refractivity contribution in [2.45, 2.75) is 44.6 Å². The van der Waals surface area contributed by atoms with Crippen LogP contribution in [-0.4, -0.2) is 43.2 Å². The minimum Gasteiger partial charge on any atom is -0.381 e. The van der Waals surface area contributed by atoms with E-state index < -0.39 is 0 Å². The Morgan fingerprint density at radius 3 is 2.61 bits per heavy atom. The van der Waals surface area contributed by atoms with Gasteiger partial charge in [0.15, 0.2) is 0 Å². The Labute approximate surface area is 116 Å². The molecule has 4 nitrogen and oxygen atoms in total. The van der Waals surface area contributed by atoms with E-state index in [1.165, 1.54) is 6.42 Å². The quantitative estimate of drug-likeness (QED) is 0.851. The fourth-order valence-corrected chi connectivity index (χ4v) is 2.89. The fraction of sp³-hybridized carbons (Fsp3) is 0.923. The van der Waals surface area contributed by atoms with Gasteiger partial charge in [-0.15, -0.1) is 12.4 Å². The SMILES string of the molecule is Cl.NCC1CCCCN1C(=O)CC1CCOCC1. The molecule has 2 fully saturated rings. The summed E-state index contributed by atoms with van der Waals surface area (Å²) in [6, 6.07) is 0.288. The molecule has 0 aromatic heterocycles. The van der Waals surface area contributed by atoms with Crippen LogP contribution >= 0.6 is 12.4 Å². The van der Waals surface area contributed by atoms with Gasteiger partial charge in [-0.2, -0.15) is 0 Å². The third-order valence-corrected chi connectivity index (χ3v) is 4.02. The summed E-state index contributed by atoms with van der Waals surface area (Å²) < 4.78 is 5.32. The van der Waals surface area contributed by atoms with E-state index >= 15 is 0 Å². The van der Waals surface area contributed by atoms with E-state index in [0.717, 1.165) is 45.4 Å². The highest BCUT2D eigenvalue weighted by Crippen LogP contribution is 2.23. The number of halogens is 1. The molecule has 0 aromatic carbocycles. The maximum absolute atomic E-state index is 12.3. The third kappa shape index (κ3) is 4.11. The van der Waals surface area contributed by atoms with Crippen LogP contribution in [0.3, 0.4) is 0 Å². The van der Waals surface area contributed by atoms with Gasteiger partial charge in [-0.1, -0.05) is 0 Å². The number of rotatable bonds is 3. The van der Waals surface area contributed by atoms with E-state index in [4.69, 9.17) is 10.5 Å². The smallest absolute Gasteiger partial charge is 0.223 e. The second-order valence-electron chi connectivity index (χ2n) is 5.23. The summed E-state index contributed by atoms with van der Waals surface area (Å²) in [4.78, 5) is 14.3. The van der Waals surface area contributed by atoms with Crippen LogP contribution in [0.1, 0.15) is 38.5 Å². The number of hydrogen-bond donors (Lipinski definition) is 1. The van der Waals surface area contributed by atoms with E-state index in [-0.39, 0.29) is 18.4 Å². The standard InChI is InChI=1S/C13H24N2O2.ClH/c14-10-12-3-1-2-6-15(12)13(16)9-11-4-7-17-8-5-11;/h11-12H,1-10,14H2;1H. The highest BCUT2D eigenvalue weighted by Gasteiger charge is 2.27. The molecule has 0 aromatic rings. The third-order valence-electron chi connectivity index (χ3n) is 4.02. The van der Waals surface area contributed by atoms with Crippen molar-refractivity contribution in [3.8, 4) is 0 Å². The van der Waals surface area contributed by atoms with Crippen LogP contribution in [0, 0.1) is 5.92 Å². The number of ether oxygens (including phenoxy) is 1. The molecule has 2 heterocycles. The zero-order valence-corrected chi connectivity index (χ0v) is 11.8. The second-order valence-corrected chi connectivity index (χ2v) is 5.23. The number of piperidine rings is 1. The molecule has 2 saturated heterocycles. The van der Waals surface area contributed by atoms with Gasteiger partial charge in [-0.05, 0) is 38.0 Å². The van der Waals surface area contributed by atoms with Crippen LogP contribution in [0.25, 0.3) is 0 Å². The molecule has 2 aliphatic rings. The monoisotopic (exact) mass is 276 g/mol. The number of hydrogen-bond acceptors (Lipinski definition) is 3. The van der Waals surface area contributed by atoms with E-state index in [2.05, 4.69) is 0 Å². The normalized spacial score (nSPS) is 25.6. The van der Waals surface area contributed by atoms with Crippen molar-refractivity contribution in [3.05, 3.63) is 0 Å². The first-order valence-corrected chi connectivity index (χ1v) is 6.88. The molecule has 18 heavy (non-hydrogen) atoms. The number of carbonyl (C=O) groups excluding carboxylic acids is 1. The van der Waals surface area contributed by atoms with Crippen molar-refractivity contribution in [2.75, 3.05) is 26.3 Å². The Kier molecular flexibility index (Phi) is 6.97. The largest absolute Gasteiger partial charge is 0.381 e. The second kappa shape index (κ2) is 7.97. The summed E-state index contributed by atoms with van der Waals surface area (Å²) in [5.74, 6) is 0.837. The van der Waals surface area contributed by atoms with E-state index in [0.29, 0.717) is 24.8 Å². The molecule has 0 saturated carbocycles. The predicted molar refractivity (Wildman–Crippen MR) is 73.8 cm³/mol. The molecule has 106 valence electrons. The molecule has 2 N–H and O–H groups in total. The topological polar surface area (TPSA) is 55.6 Å². The number of carbonyl (C=O) groups is 1. The van der Waals surface area contributed by atoms with Gasteiger partial charge in [0.1, 0.15) is 0 Å². The van der Waals surface area contributed by atoms with Gasteiger partial charge in [0.05, 0.1) is 0 Å². The molecule has 0 aliphatic carbocycles. The molecule has 1 unspecified atom stereocenters. The zero-order valence-electron chi connectivity index (χ0n) is 11.0. The first-order chi connectivity index (χ1) is 8.31. The molecule has 2 aliphatic heterocycles. The summed E-state index contributed by atoms with van der Waals surface area (Å²) >= 11 is 0. The van der Waals surface area contributed by atoms with E-state index in [9.17, 15) is 4.79 Å². The fourth-order valence-electron chi connectivity index (χ4n) is 2.89. The highest BCUT2D eigenvalue weighted by atomic mass is 35.5. The first-order valence-electron chi connectivity index (χ1n) is 6.88. The lowest BCUT2D eigenvalue weighted by Crippen LogP contribution is -2.48. The van der Waals surface area contributed by atoms with E-state index in [1.54, 1.807) is 0 Å². The lowest BCUT2D eigenvalue weighted by molar-refractivity contribution is -0.136. The van der Waals surface area contributed by atoms with Crippen LogP contribution < -0.4 is 5.73 Å². The first kappa shape index (κ1) is 15.7. The summed E-state index contributed by atoms with van der Waals surface area (Å²) in [7, 11) is 0. The van der Waals surface area contributed by atoms with Gasteiger partial charge in [0, 0.05) is 38.8 Å². The van der Waals surface area contributed by atoms with Crippen molar-refractivity contribution in [3.63, 3.8) is 0 Å². The predicted octanol–water partition coefficient (Wildman–Crippen LogP) is 1.56. The van der Waals surface area contributed by atoms with Crippen LogP contribution in [-0.2, 0) is 9.53 Å². The summed E-state index contributed by atoms with van der Waals surface area (Å²) in [5, 5.41) is 0. The molecule has 5 heteroatoms. The number of likely N-dealkylation sites (tertiary alicyclic amines) is 1. The highest BCUT2D eigenvalue weighted by molar-refractivity contribution is 5.85. The van der Waals surface area contributed by atoms with Gasteiger partial charge >= 0.3 is 0 Å². The van der Waals surface area contributed by atoms with Crippen molar-refractivity contribution in [2.24, 2.45) is 11.7 Å². The number of nitrogens with two attached hydrogens (primary N) is 1.